The maximum Gasteiger partial charge on any atom is 0.338 e. The molecular formula is C14H19NO5S. The Morgan fingerprint density at radius 1 is 1.38 bits per heavy atom. The predicted octanol–water partition coefficient (Wildman–Crippen LogP) is 1.69. The van der Waals surface area contributed by atoms with E-state index in [1.165, 1.54) is 31.0 Å². The van der Waals surface area contributed by atoms with E-state index in [2.05, 4.69) is 0 Å². The van der Waals surface area contributed by atoms with Crippen molar-refractivity contribution in [2.24, 2.45) is 11.1 Å². The van der Waals surface area contributed by atoms with Gasteiger partial charge in [0.2, 0.25) is 10.0 Å². The van der Waals surface area contributed by atoms with Crippen molar-refractivity contribution in [3.05, 3.63) is 23.8 Å². The molecular weight excluding hydrogens is 294 g/mol. The van der Waals surface area contributed by atoms with Gasteiger partial charge in [0.1, 0.15) is 10.6 Å². The van der Waals surface area contributed by atoms with E-state index in [-0.39, 0.29) is 16.2 Å². The average Bonchev–Trinajstić information content (AvgIpc) is 3.22. The third-order valence-corrected chi connectivity index (χ3v) is 4.17. The van der Waals surface area contributed by atoms with Crippen LogP contribution in [0.3, 0.4) is 0 Å². The lowest BCUT2D eigenvalue weighted by Crippen LogP contribution is -2.15. The molecule has 2 N–H and O–H groups in total. The number of ether oxygens (including phenoxy) is 2. The Morgan fingerprint density at radius 3 is 2.67 bits per heavy atom. The van der Waals surface area contributed by atoms with Crippen LogP contribution >= 0.6 is 0 Å². The van der Waals surface area contributed by atoms with Crippen molar-refractivity contribution >= 4 is 16.0 Å². The molecule has 0 radical (unpaired) electrons. The highest BCUT2D eigenvalue weighted by molar-refractivity contribution is 7.89. The van der Waals surface area contributed by atoms with Gasteiger partial charge in [0.05, 0.1) is 18.8 Å². The molecule has 1 aromatic carbocycles. The Morgan fingerprint density at radius 2 is 2.10 bits per heavy atom. The molecule has 1 aliphatic carbocycles. The fourth-order valence-electron chi connectivity index (χ4n) is 1.94. The van der Waals surface area contributed by atoms with Crippen LogP contribution in [0.25, 0.3) is 0 Å². The van der Waals surface area contributed by atoms with Crippen LogP contribution < -0.4 is 9.88 Å². The van der Waals surface area contributed by atoms with Crippen molar-refractivity contribution < 1.29 is 22.7 Å². The van der Waals surface area contributed by atoms with Gasteiger partial charge in [-0.3, -0.25) is 0 Å². The van der Waals surface area contributed by atoms with Gasteiger partial charge >= 0.3 is 5.97 Å². The molecule has 21 heavy (non-hydrogen) atoms. The van der Waals surface area contributed by atoms with Crippen LogP contribution in [-0.4, -0.2) is 27.6 Å². The van der Waals surface area contributed by atoms with Crippen LogP contribution in [0.15, 0.2) is 23.1 Å². The van der Waals surface area contributed by atoms with Gasteiger partial charge in [0.25, 0.3) is 0 Å². The lowest BCUT2D eigenvalue weighted by molar-refractivity contribution is 0.0494. The molecule has 7 heteroatoms. The van der Waals surface area contributed by atoms with E-state index in [9.17, 15) is 13.2 Å². The van der Waals surface area contributed by atoms with Crippen molar-refractivity contribution in [1.82, 2.24) is 0 Å². The lowest BCUT2D eigenvalue weighted by atomic mass is 10.2. The van der Waals surface area contributed by atoms with Gasteiger partial charge in [-0.1, -0.05) is 12.8 Å². The zero-order valence-electron chi connectivity index (χ0n) is 11.9. The third kappa shape index (κ3) is 4.44. The molecule has 0 aromatic heterocycles. The molecule has 2 rings (SSSR count). The molecule has 0 spiro atoms. The summed E-state index contributed by atoms with van der Waals surface area (Å²) in [5.74, 6) is 0.247. The fourth-order valence-corrected chi connectivity index (χ4v) is 2.64. The molecule has 1 fully saturated rings. The minimum Gasteiger partial charge on any atom is -0.492 e. The second kappa shape index (κ2) is 6.44. The monoisotopic (exact) mass is 313 g/mol. The quantitative estimate of drug-likeness (QED) is 0.773. The zero-order valence-corrected chi connectivity index (χ0v) is 12.7. The van der Waals surface area contributed by atoms with Gasteiger partial charge in [-0.05, 0) is 37.5 Å². The Balaban J connectivity index is 2.13. The topological polar surface area (TPSA) is 95.7 Å². The Bertz CT molecular complexity index is 622. The molecule has 1 aliphatic rings. The van der Waals surface area contributed by atoms with E-state index >= 15 is 0 Å². The molecule has 0 atom stereocenters. The van der Waals surface area contributed by atoms with Crippen molar-refractivity contribution in [3.8, 4) is 5.75 Å². The number of hydrogen-bond acceptors (Lipinski definition) is 5. The zero-order chi connectivity index (χ0) is 15.5. The number of hydrogen-bond donors (Lipinski definition) is 1. The van der Waals surface area contributed by atoms with Gasteiger partial charge in [-0.15, -0.1) is 0 Å². The molecule has 0 amide bonds. The van der Waals surface area contributed by atoms with Crippen LogP contribution in [0.2, 0.25) is 0 Å². The largest absolute Gasteiger partial charge is 0.492 e. The first-order valence-corrected chi connectivity index (χ1v) is 8.43. The molecule has 0 saturated heterocycles. The third-order valence-electron chi connectivity index (χ3n) is 3.24. The van der Waals surface area contributed by atoms with E-state index < -0.39 is 16.0 Å². The maximum atomic E-state index is 11.9. The summed E-state index contributed by atoms with van der Waals surface area (Å²) in [5, 5.41) is 5.15. The number of carbonyl (C=O) groups excluding carboxylic acids is 1. The summed E-state index contributed by atoms with van der Waals surface area (Å²) in [4.78, 5) is 11.7. The SMILES string of the molecule is CCOc1ccc(C(=O)OCCC2CC2)cc1S(N)(=O)=O. The maximum absolute atomic E-state index is 11.9. The first-order chi connectivity index (χ1) is 9.91. The molecule has 1 saturated carbocycles. The molecule has 0 aliphatic heterocycles. The molecule has 116 valence electrons. The minimum atomic E-state index is -3.97. The van der Waals surface area contributed by atoms with E-state index in [0.717, 1.165) is 6.42 Å². The second-order valence-electron chi connectivity index (χ2n) is 5.01. The number of sulfonamides is 1. The fraction of sp³-hybridized carbons (Fsp3) is 0.500. The molecule has 1 aromatic rings. The van der Waals surface area contributed by atoms with E-state index in [4.69, 9.17) is 14.6 Å². The molecule has 6 nitrogen and oxygen atoms in total. The summed E-state index contributed by atoms with van der Waals surface area (Å²) >= 11 is 0. The summed E-state index contributed by atoms with van der Waals surface area (Å²) < 4.78 is 33.5. The standard InChI is InChI=1S/C14H19NO5S/c1-2-19-12-6-5-11(9-13(12)21(15,17)18)14(16)20-8-7-10-3-4-10/h5-6,9-10H,2-4,7-8H2,1H3,(H2,15,17,18). The minimum absolute atomic E-state index is 0.134. The summed E-state index contributed by atoms with van der Waals surface area (Å²) in [6, 6.07) is 4.08. The smallest absolute Gasteiger partial charge is 0.338 e. The van der Waals surface area contributed by atoms with Crippen LogP contribution in [0.5, 0.6) is 5.75 Å². The number of rotatable bonds is 7. The number of carbonyl (C=O) groups is 1. The van der Waals surface area contributed by atoms with Crippen LogP contribution in [0.1, 0.15) is 36.5 Å². The Kier molecular flexibility index (Phi) is 4.84. The highest BCUT2D eigenvalue weighted by Crippen LogP contribution is 2.32. The number of nitrogens with two attached hydrogens (primary N) is 1. The highest BCUT2D eigenvalue weighted by atomic mass is 32.2. The van der Waals surface area contributed by atoms with Gasteiger partial charge in [0, 0.05) is 0 Å². The first-order valence-electron chi connectivity index (χ1n) is 6.88. The van der Waals surface area contributed by atoms with E-state index in [0.29, 0.717) is 19.1 Å². The predicted molar refractivity (Wildman–Crippen MR) is 76.6 cm³/mol. The normalized spacial score (nSPS) is 14.8. The Labute approximate surface area is 124 Å². The van der Waals surface area contributed by atoms with Crippen molar-refractivity contribution in [3.63, 3.8) is 0 Å². The van der Waals surface area contributed by atoms with Crippen molar-refractivity contribution in [2.45, 2.75) is 31.1 Å². The van der Waals surface area contributed by atoms with E-state index in [1.807, 2.05) is 0 Å². The molecule has 0 heterocycles. The van der Waals surface area contributed by atoms with Gasteiger partial charge < -0.3 is 9.47 Å². The summed E-state index contributed by atoms with van der Waals surface area (Å²) in [6.45, 7) is 2.38. The second-order valence-corrected chi connectivity index (χ2v) is 6.54. The number of primary sulfonamides is 1. The van der Waals surface area contributed by atoms with Crippen molar-refractivity contribution in [1.29, 1.82) is 0 Å². The average molecular weight is 313 g/mol. The summed E-state index contributed by atoms with van der Waals surface area (Å²) in [6.07, 6.45) is 3.23. The van der Waals surface area contributed by atoms with E-state index in [1.54, 1.807) is 6.92 Å². The van der Waals surface area contributed by atoms with Crippen molar-refractivity contribution in [2.75, 3.05) is 13.2 Å². The first kappa shape index (κ1) is 15.8. The highest BCUT2D eigenvalue weighted by Gasteiger charge is 2.22. The summed E-state index contributed by atoms with van der Waals surface area (Å²) in [5.41, 5.74) is 0.151. The van der Waals surface area contributed by atoms with Crippen LogP contribution in [0.4, 0.5) is 0 Å². The summed E-state index contributed by atoms with van der Waals surface area (Å²) in [7, 11) is -3.97. The lowest BCUT2D eigenvalue weighted by Gasteiger charge is -2.10. The molecule has 0 bridgehead atoms. The van der Waals surface area contributed by atoms with Crippen LogP contribution in [0, 0.1) is 5.92 Å². The van der Waals surface area contributed by atoms with Gasteiger partial charge in [0.15, 0.2) is 0 Å². The van der Waals surface area contributed by atoms with Gasteiger partial charge in [-0.25, -0.2) is 18.4 Å². The van der Waals surface area contributed by atoms with Gasteiger partial charge in [-0.2, -0.15) is 0 Å². The van der Waals surface area contributed by atoms with Crippen LogP contribution in [-0.2, 0) is 14.8 Å². The molecule has 0 unspecified atom stereocenters. The number of esters is 1. The number of benzene rings is 1. The Hall–Kier alpha value is -1.60.